The van der Waals surface area contributed by atoms with Crippen LogP contribution < -0.4 is 0 Å². The van der Waals surface area contributed by atoms with Crippen LogP contribution in [0, 0.1) is 0 Å². The van der Waals surface area contributed by atoms with Gasteiger partial charge in [-0.3, -0.25) is 0 Å². The van der Waals surface area contributed by atoms with Gasteiger partial charge in [-0.15, -0.1) is 0 Å². The highest BCUT2D eigenvalue weighted by Gasteiger charge is 2.25. The van der Waals surface area contributed by atoms with E-state index in [1.165, 1.54) is 54.5 Å². The van der Waals surface area contributed by atoms with Crippen molar-refractivity contribution in [3.8, 4) is 27.9 Å². The predicted octanol–water partition coefficient (Wildman–Crippen LogP) is 13.1. The Labute approximate surface area is 280 Å². The molecule has 8 aromatic carbocycles. The third-order valence-electron chi connectivity index (χ3n) is 10.3. The molecule has 0 aliphatic carbocycles. The number of para-hydroxylation sites is 3. The van der Waals surface area contributed by atoms with Crippen molar-refractivity contribution in [2.24, 2.45) is 0 Å². The summed E-state index contributed by atoms with van der Waals surface area (Å²) >= 11 is 0. The number of fused-ring (bicyclic) bond motifs is 9. The Hall–Kier alpha value is -6.58. The number of nitrogens with zero attached hydrogens (tertiary/aromatic N) is 1. The molecule has 0 amide bonds. The van der Waals surface area contributed by atoms with Crippen molar-refractivity contribution < 1.29 is 8.83 Å². The number of aromatic nitrogens is 1. The lowest BCUT2D eigenvalue weighted by atomic mass is 9.84. The molecule has 0 atom stereocenters. The van der Waals surface area contributed by atoms with Crippen LogP contribution >= 0.6 is 0 Å². The minimum absolute atomic E-state index is 0.852. The van der Waals surface area contributed by atoms with Crippen molar-refractivity contribution in [1.82, 2.24) is 4.57 Å². The van der Waals surface area contributed by atoms with E-state index in [0.29, 0.717) is 0 Å². The first-order valence-corrected chi connectivity index (χ1v) is 16.7. The normalized spacial score (nSPS) is 12.1. The molecule has 11 aromatic rings. The zero-order chi connectivity index (χ0) is 32.1. The van der Waals surface area contributed by atoms with Gasteiger partial charge in [0.2, 0.25) is 0 Å². The van der Waals surface area contributed by atoms with E-state index in [-0.39, 0.29) is 0 Å². The molecule has 0 N–H and O–H groups in total. The van der Waals surface area contributed by atoms with Gasteiger partial charge in [0.1, 0.15) is 16.7 Å². The second-order valence-electron chi connectivity index (χ2n) is 12.8. The van der Waals surface area contributed by atoms with Gasteiger partial charge in [-0.05, 0) is 75.1 Å². The SMILES string of the molecule is c1ccc(-n2c3ccccc3c3c(-c4c5ccccc5c(-c5c6ccoc6cc6c5oc5ccccc56)c5ccccc45)cccc32)cc1. The van der Waals surface area contributed by atoms with Crippen molar-refractivity contribution in [1.29, 1.82) is 0 Å². The minimum Gasteiger partial charge on any atom is -0.464 e. The molecule has 0 radical (unpaired) electrons. The molecule has 0 bridgehead atoms. The average Bonchev–Trinajstić information content (AvgIpc) is 3.88. The van der Waals surface area contributed by atoms with Crippen LogP contribution in [-0.4, -0.2) is 4.57 Å². The molecule has 49 heavy (non-hydrogen) atoms. The summed E-state index contributed by atoms with van der Waals surface area (Å²) in [4.78, 5) is 0. The standard InChI is InChI=1S/C46H27NO2/c1-2-13-28(14-3-1)47-38-22-10-8-20-34(38)43-36(21-12-23-39(43)47)42-30-16-4-6-18-32(30)44(33-19-7-5-17-31(33)42)45-35-25-26-48-41(35)27-37-29-15-9-11-24-40(29)49-46(37)45/h1-27H. The highest BCUT2D eigenvalue weighted by molar-refractivity contribution is 6.30. The summed E-state index contributed by atoms with van der Waals surface area (Å²) in [7, 11) is 0. The Balaban J connectivity index is 1.32. The van der Waals surface area contributed by atoms with Crippen LogP contribution in [0.5, 0.6) is 0 Å². The van der Waals surface area contributed by atoms with Gasteiger partial charge in [0.15, 0.2) is 0 Å². The molecule has 0 spiro atoms. The predicted molar refractivity (Wildman–Crippen MR) is 204 cm³/mol. The van der Waals surface area contributed by atoms with Gasteiger partial charge in [0.25, 0.3) is 0 Å². The van der Waals surface area contributed by atoms with Crippen LogP contribution in [0.15, 0.2) is 173 Å². The first-order valence-electron chi connectivity index (χ1n) is 16.7. The van der Waals surface area contributed by atoms with Crippen LogP contribution in [0.25, 0.3) is 104 Å². The zero-order valence-electron chi connectivity index (χ0n) is 26.4. The van der Waals surface area contributed by atoms with Gasteiger partial charge in [-0.25, -0.2) is 0 Å². The highest BCUT2D eigenvalue weighted by Crippen LogP contribution is 2.50. The van der Waals surface area contributed by atoms with Crippen molar-refractivity contribution in [2.45, 2.75) is 0 Å². The number of hydrogen-bond donors (Lipinski definition) is 0. The first-order chi connectivity index (χ1) is 24.3. The molecule has 11 rings (SSSR count). The van der Waals surface area contributed by atoms with Crippen molar-refractivity contribution in [3.05, 3.63) is 164 Å². The van der Waals surface area contributed by atoms with Crippen molar-refractivity contribution >= 4 is 76.3 Å². The maximum Gasteiger partial charge on any atom is 0.144 e. The number of furan rings is 2. The highest BCUT2D eigenvalue weighted by atomic mass is 16.3. The molecule has 0 fully saturated rings. The summed E-state index contributed by atoms with van der Waals surface area (Å²) in [6, 6.07) is 56.4. The van der Waals surface area contributed by atoms with E-state index in [9.17, 15) is 0 Å². The summed E-state index contributed by atoms with van der Waals surface area (Å²) in [5, 5.41) is 10.4. The monoisotopic (exact) mass is 625 g/mol. The molecule has 228 valence electrons. The Morgan fingerprint density at radius 2 is 1.00 bits per heavy atom. The number of rotatable bonds is 3. The van der Waals surface area contributed by atoms with E-state index in [2.05, 4.69) is 150 Å². The molecule has 0 unspecified atom stereocenters. The third kappa shape index (κ3) is 3.62. The maximum atomic E-state index is 6.73. The zero-order valence-corrected chi connectivity index (χ0v) is 26.4. The van der Waals surface area contributed by atoms with Gasteiger partial charge in [-0.2, -0.15) is 0 Å². The quantitative estimate of drug-likeness (QED) is 0.183. The summed E-state index contributed by atoms with van der Waals surface area (Å²) in [6.45, 7) is 0. The Bertz CT molecular complexity index is 3050. The van der Waals surface area contributed by atoms with Crippen LogP contribution in [0.4, 0.5) is 0 Å². The van der Waals surface area contributed by atoms with Crippen molar-refractivity contribution in [2.75, 3.05) is 0 Å². The van der Waals surface area contributed by atoms with Crippen LogP contribution in [-0.2, 0) is 0 Å². The van der Waals surface area contributed by atoms with Crippen LogP contribution in [0.1, 0.15) is 0 Å². The van der Waals surface area contributed by atoms with E-state index in [1.54, 1.807) is 6.26 Å². The second-order valence-corrected chi connectivity index (χ2v) is 12.8. The molecule has 3 heterocycles. The fraction of sp³-hybridized carbons (Fsp3) is 0. The molecule has 3 aromatic heterocycles. The summed E-state index contributed by atoms with van der Waals surface area (Å²) in [6.07, 6.45) is 1.79. The lowest BCUT2D eigenvalue weighted by molar-refractivity contribution is 0.616. The average molecular weight is 626 g/mol. The van der Waals surface area contributed by atoms with Gasteiger partial charge in [-0.1, -0.05) is 115 Å². The van der Waals surface area contributed by atoms with E-state index in [4.69, 9.17) is 8.83 Å². The van der Waals surface area contributed by atoms with E-state index >= 15 is 0 Å². The van der Waals surface area contributed by atoms with Gasteiger partial charge < -0.3 is 13.4 Å². The van der Waals surface area contributed by atoms with Crippen LogP contribution in [0.3, 0.4) is 0 Å². The molecule has 0 aliphatic heterocycles. The Morgan fingerprint density at radius 1 is 0.388 bits per heavy atom. The van der Waals surface area contributed by atoms with E-state index in [0.717, 1.165) is 49.7 Å². The Kier molecular flexibility index (Phi) is 5.38. The van der Waals surface area contributed by atoms with Crippen molar-refractivity contribution in [3.63, 3.8) is 0 Å². The number of benzene rings is 8. The summed E-state index contributed by atoms with van der Waals surface area (Å²) in [5.41, 5.74) is 10.8. The smallest absolute Gasteiger partial charge is 0.144 e. The van der Waals surface area contributed by atoms with E-state index in [1.807, 2.05) is 12.1 Å². The second kappa shape index (κ2) is 9.96. The molecule has 3 heteroatoms. The molecular weight excluding hydrogens is 599 g/mol. The molecular formula is C46H27NO2. The summed E-state index contributed by atoms with van der Waals surface area (Å²) in [5.74, 6) is 0. The topological polar surface area (TPSA) is 31.2 Å². The fourth-order valence-corrected chi connectivity index (χ4v) is 8.31. The fourth-order valence-electron chi connectivity index (χ4n) is 8.31. The third-order valence-corrected chi connectivity index (χ3v) is 10.3. The number of hydrogen-bond acceptors (Lipinski definition) is 2. The summed E-state index contributed by atoms with van der Waals surface area (Å²) < 4.78 is 15.2. The minimum atomic E-state index is 0.852. The van der Waals surface area contributed by atoms with Gasteiger partial charge in [0, 0.05) is 43.7 Å². The molecule has 0 saturated carbocycles. The van der Waals surface area contributed by atoms with E-state index < -0.39 is 0 Å². The van der Waals surface area contributed by atoms with Crippen LogP contribution in [0.2, 0.25) is 0 Å². The first kappa shape index (κ1) is 26.5. The molecule has 0 saturated heterocycles. The molecule has 3 nitrogen and oxygen atoms in total. The molecule has 0 aliphatic rings. The largest absolute Gasteiger partial charge is 0.464 e. The Morgan fingerprint density at radius 3 is 1.76 bits per heavy atom. The lowest BCUT2D eigenvalue weighted by Crippen LogP contribution is -1.94. The lowest BCUT2D eigenvalue weighted by Gasteiger charge is -2.19. The van der Waals surface area contributed by atoms with Gasteiger partial charge in [0.05, 0.1) is 17.3 Å². The maximum absolute atomic E-state index is 6.73. The van der Waals surface area contributed by atoms with Gasteiger partial charge >= 0.3 is 0 Å².